The molecule has 4 aromatic rings. The molecule has 400 valence electrons. The summed E-state index contributed by atoms with van der Waals surface area (Å²) in [4.78, 5) is 27.9. The average Bonchev–Trinajstić information content (AvgIpc) is 3.96. The Balaban J connectivity index is 1.30. The molecule has 0 spiro atoms. The van der Waals surface area contributed by atoms with Crippen molar-refractivity contribution in [1.82, 2.24) is 20.4 Å². The van der Waals surface area contributed by atoms with Gasteiger partial charge in [-0.15, -0.1) is 40.9 Å². The highest BCUT2D eigenvalue weighted by Crippen LogP contribution is 2.45. The predicted molar refractivity (Wildman–Crippen MR) is 236 cm³/mol. The van der Waals surface area contributed by atoms with Gasteiger partial charge in [0.15, 0.2) is 0 Å². The molecule has 6 rings (SSSR count). The number of aromatic nitrogens is 4. The summed E-state index contributed by atoms with van der Waals surface area (Å²) in [5.74, 6) is -3.43. The number of benzene rings is 2. The van der Waals surface area contributed by atoms with Crippen molar-refractivity contribution in [2.45, 2.75) is 81.8 Å². The number of nitrogens with one attached hydrogen (secondary N) is 2. The van der Waals surface area contributed by atoms with Gasteiger partial charge >= 0.3 is 55.3 Å². The van der Waals surface area contributed by atoms with Gasteiger partial charge in [0.25, 0.3) is 10.3 Å². The van der Waals surface area contributed by atoms with Gasteiger partial charge in [-0.05, 0) is 87.8 Å². The Hall–Kier alpha value is -6.01. The molecule has 0 aliphatic carbocycles. The molecule has 21 nitrogen and oxygen atoms in total. The Morgan fingerprint density at radius 1 is 0.726 bits per heavy atom. The van der Waals surface area contributed by atoms with E-state index in [1.165, 1.54) is 34.8 Å². The fourth-order valence-corrected chi connectivity index (χ4v) is 9.51. The molecule has 0 saturated carbocycles. The highest BCUT2D eigenvalue weighted by molar-refractivity contribution is 7.93. The van der Waals surface area contributed by atoms with Gasteiger partial charge in [0.2, 0.25) is 10.0 Å². The van der Waals surface area contributed by atoms with E-state index in [1.54, 1.807) is 25.7 Å². The zero-order valence-electron chi connectivity index (χ0n) is 37.6. The molecule has 0 radical (unpaired) electrons. The molecule has 4 heterocycles. The van der Waals surface area contributed by atoms with Gasteiger partial charge in [0.05, 0.1) is 18.0 Å². The summed E-state index contributed by atoms with van der Waals surface area (Å²) in [6.07, 6.45) is -11.0. The fourth-order valence-electron chi connectivity index (χ4n) is 7.27. The summed E-state index contributed by atoms with van der Waals surface area (Å²) < 4.78 is 212. The van der Waals surface area contributed by atoms with Gasteiger partial charge in [-0.2, -0.15) is 65.1 Å². The highest BCUT2D eigenvalue weighted by atomic mass is 32.2. The van der Waals surface area contributed by atoms with E-state index in [0.29, 0.717) is 47.5 Å². The number of esters is 2. The average molecular weight is 1130 g/mol. The third kappa shape index (κ3) is 13.2. The van der Waals surface area contributed by atoms with Crippen molar-refractivity contribution in [2.75, 3.05) is 52.7 Å². The van der Waals surface area contributed by atoms with Gasteiger partial charge in [0.1, 0.15) is 18.0 Å². The van der Waals surface area contributed by atoms with Crippen LogP contribution >= 0.6 is 22.7 Å². The number of carbonyl (C=O) groups is 2. The number of fused-ring (bicyclic) bond motifs is 2. The van der Waals surface area contributed by atoms with Crippen molar-refractivity contribution in [2.24, 2.45) is 26.4 Å². The smallest absolute Gasteiger partial charge is 0.458 e. The van der Waals surface area contributed by atoms with Gasteiger partial charge in [-0.1, -0.05) is 22.7 Å². The summed E-state index contributed by atoms with van der Waals surface area (Å²) in [5.41, 5.74) is -12.4. The predicted octanol–water partition coefficient (Wildman–Crippen LogP) is 9.48. The molecule has 2 N–H and O–H groups in total. The normalized spacial score (nSPS) is 16.5. The van der Waals surface area contributed by atoms with Crippen molar-refractivity contribution in [1.29, 1.82) is 0 Å². The van der Waals surface area contributed by atoms with Crippen LogP contribution in [-0.2, 0) is 47.1 Å². The maximum absolute atomic E-state index is 13.7. The van der Waals surface area contributed by atoms with Crippen LogP contribution in [0.1, 0.15) is 64.3 Å². The van der Waals surface area contributed by atoms with Crippen molar-refractivity contribution in [3.8, 4) is 0 Å². The number of nitrogens with zero attached hydrogens (tertiary/aromatic N) is 10. The number of sulfonamides is 2. The van der Waals surface area contributed by atoms with E-state index < -0.39 is 88.5 Å². The van der Waals surface area contributed by atoms with Crippen LogP contribution in [0.3, 0.4) is 0 Å². The van der Waals surface area contributed by atoms with Gasteiger partial charge in [-0.25, -0.2) is 9.59 Å². The monoisotopic (exact) mass is 1130 g/mol. The summed E-state index contributed by atoms with van der Waals surface area (Å²) in [5, 5.41) is 26.7. The number of anilines is 4. The fraction of sp³-hybridized carbons (Fsp3) is 0.514. The minimum Gasteiger partial charge on any atom is -0.458 e. The van der Waals surface area contributed by atoms with Crippen molar-refractivity contribution >= 4 is 99.0 Å². The van der Waals surface area contributed by atoms with E-state index in [1.807, 2.05) is 4.90 Å². The first-order valence-corrected chi connectivity index (χ1v) is 25.3. The van der Waals surface area contributed by atoms with Crippen LogP contribution in [-0.4, -0.2) is 118 Å². The number of azo groups is 2. The SMILES string of the molecule is COCCOC(=O)c1nnc(N=Nc2cc3c(cc2NS(=O)(=O)C(F)(F)F)N(C(C)C)CC(CC(C)N2CCCc4cc(N=Nc5nnc(C(=O)OC(F)(F)C(F)(F)F)s5)c(NS(=O)(=O)C(F)(F)F)cc42)C3)s1. The summed E-state index contributed by atoms with van der Waals surface area (Å²) in [6, 6.07) is 3.93. The molecular formula is C37H37F11N12O9S4. The first-order chi connectivity index (χ1) is 33.8. The topological polar surface area (TPSA) is 262 Å². The zero-order valence-corrected chi connectivity index (χ0v) is 40.9. The van der Waals surface area contributed by atoms with Crippen LogP contribution in [0.2, 0.25) is 0 Å². The third-order valence-corrected chi connectivity index (χ3v) is 14.3. The molecular weight excluding hydrogens is 1090 g/mol. The largest absolute Gasteiger partial charge is 0.516 e. The minimum absolute atomic E-state index is 0.00384. The Kier molecular flexibility index (Phi) is 16.5. The molecule has 2 unspecified atom stereocenters. The number of hydrogen-bond donors (Lipinski definition) is 2. The molecule has 2 aliphatic rings. The molecule has 0 amide bonds. The van der Waals surface area contributed by atoms with E-state index in [-0.39, 0.29) is 77.4 Å². The second-order valence-corrected chi connectivity index (χ2v) is 21.3. The Morgan fingerprint density at radius 3 is 1.73 bits per heavy atom. The Bertz CT molecular complexity index is 2990. The number of halogens is 11. The third-order valence-electron chi connectivity index (χ3n) is 10.5. The number of carbonyl (C=O) groups excluding carboxylic acids is 2. The van der Waals surface area contributed by atoms with Gasteiger partial charge in [0, 0.05) is 43.7 Å². The van der Waals surface area contributed by atoms with E-state index in [0.717, 1.165) is 6.07 Å². The molecule has 2 atom stereocenters. The molecule has 2 aliphatic heterocycles. The van der Waals surface area contributed by atoms with Crippen LogP contribution in [0.25, 0.3) is 0 Å². The number of rotatable bonds is 18. The van der Waals surface area contributed by atoms with Crippen LogP contribution in [0.15, 0.2) is 44.7 Å². The van der Waals surface area contributed by atoms with Crippen molar-refractivity contribution in [3.63, 3.8) is 0 Å². The quantitative estimate of drug-likeness (QED) is 0.0407. The number of aryl methyl sites for hydroxylation is 1. The van der Waals surface area contributed by atoms with E-state index in [9.17, 15) is 74.7 Å². The van der Waals surface area contributed by atoms with Crippen molar-refractivity contribution < 1.29 is 88.9 Å². The van der Waals surface area contributed by atoms with E-state index in [2.05, 4.69) is 45.6 Å². The van der Waals surface area contributed by atoms with Crippen LogP contribution < -0.4 is 19.2 Å². The first-order valence-electron chi connectivity index (χ1n) is 20.7. The summed E-state index contributed by atoms with van der Waals surface area (Å²) >= 11 is 0.617. The van der Waals surface area contributed by atoms with Gasteiger partial charge in [-0.3, -0.25) is 9.44 Å². The second kappa shape index (κ2) is 21.5. The minimum atomic E-state index is -6.28. The lowest BCUT2D eigenvalue weighted by Gasteiger charge is -2.42. The maximum Gasteiger partial charge on any atom is 0.516 e. The second-order valence-electron chi connectivity index (χ2n) is 16.0. The van der Waals surface area contributed by atoms with E-state index >= 15 is 0 Å². The molecule has 0 bridgehead atoms. The number of ether oxygens (including phenoxy) is 3. The molecule has 0 saturated heterocycles. The number of alkyl halides is 11. The van der Waals surface area contributed by atoms with Crippen LogP contribution in [0, 0.1) is 5.92 Å². The molecule has 2 aromatic carbocycles. The lowest BCUT2D eigenvalue weighted by molar-refractivity contribution is -0.370. The van der Waals surface area contributed by atoms with Crippen molar-refractivity contribution in [3.05, 3.63) is 45.4 Å². The van der Waals surface area contributed by atoms with Gasteiger partial charge < -0.3 is 24.0 Å². The Labute approximate surface area is 413 Å². The Morgan fingerprint density at radius 2 is 1.23 bits per heavy atom. The zero-order chi connectivity index (χ0) is 54.1. The summed E-state index contributed by atoms with van der Waals surface area (Å²) in [7, 11) is -10.8. The molecule has 2 aromatic heterocycles. The lowest BCUT2D eigenvalue weighted by Crippen LogP contribution is -2.44. The van der Waals surface area contributed by atoms with Crippen LogP contribution in [0.4, 0.5) is 92.7 Å². The number of hydrogen-bond acceptors (Lipinski definition) is 21. The summed E-state index contributed by atoms with van der Waals surface area (Å²) in [6.45, 7) is 5.82. The first kappa shape index (κ1) is 56.3. The van der Waals surface area contributed by atoms with E-state index in [4.69, 9.17) is 9.47 Å². The standard InChI is InChI=1S/C37H37F11N12O9S4/c1-17(2)60-16-19(11-21-13-23(25(15-27(21)60)58-73(65,66)37(46,47)48)50-53-32-55-51-28(70-32)30(61)68-9-8-67-4)10-18(3)59-7-5-6-20-12-22(24(14-26(20)59)57-72(63,64)36(43,44)45)49-54-33-56-52-29(71-33)31(62)69-35(41,42)34(38,39)40/h12-15,17-19,57-58H,5-11,16H2,1-4H3. The molecule has 36 heteroatoms. The van der Waals surface area contributed by atoms with Crippen LogP contribution in [0.5, 0.6) is 0 Å². The number of methoxy groups -OCH3 is 1. The lowest BCUT2D eigenvalue weighted by atomic mass is 9.86. The maximum atomic E-state index is 13.7. The molecule has 73 heavy (non-hydrogen) atoms. The highest BCUT2D eigenvalue weighted by Gasteiger charge is 2.62. The molecule has 0 fully saturated rings.